The van der Waals surface area contributed by atoms with Gasteiger partial charge < -0.3 is 14.6 Å². The first-order chi connectivity index (χ1) is 12.5. The standard InChI is InChI=1S/C21H35F3O4/c1-14(2)17(25)27-16-12-8-10-15(11-9-13-16)18(3,4)28-19(5,6)20(7,26)21(22,23)24/h15-16,26H,1,8-13H2,2-7H3. The van der Waals surface area contributed by atoms with E-state index in [1.54, 1.807) is 20.8 Å². The molecule has 1 aliphatic carbocycles. The first-order valence-electron chi connectivity index (χ1n) is 9.87. The highest BCUT2D eigenvalue weighted by atomic mass is 19.4. The number of carbonyl (C=O) groups is 1. The molecule has 0 spiro atoms. The summed E-state index contributed by atoms with van der Waals surface area (Å²) < 4.78 is 51.2. The maximum absolute atomic E-state index is 13.3. The SMILES string of the molecule is C=C(C)C(=O)OC1CCCC(C(C)(C)OC(C)(C)C(C)(O)C(F)(F)F)CCC1. The molecule has 0 aromatic rings. The molecular weight excluding hydrogens is 373 g/mol. The van der Waals surface area contributed by atoms with Crippen LogP contribution in [0.15, 0.2) is 12.2 Å². The van der Waals surface area contributed by atoms with Crippen LogP contribution in [-0.2, 0) is 14.3 Å². The van der Waals surface area contributed by atoms with E-state index in [0.29, 0.717) is 18.4 Å². The highest BCUT2D eigenvalue weighted by molar-refractivity contribution is 5.87. The molecule has 0 aromatic carbocycles. The van der Waals surface area contributed by atoms with Crippen LogP contribution in [0.3, 0.4) is 0 Å². The molecule has 1 unspecified atom stereocenters. The van der Waals surface area contributed by atoms with Crippen molar-refractivity contribution < 1.29 is 32.5 Å². The average molecular weight is 409 g/mol. The molecule has 0 aromatic heterocycles. The minimum absolute atomic E-state index is 0.0357. The van der Waals surface area contributed by atoms with E-state index in [1.807, 2.05) is 0 Å². The van der Waals surface area contributed by atoms with E-state index in [4.69, 9.17) is 9.47 Å². The highest BCUT2D eigenvalue weighted by Crippen LogP contribution is 2.44. The molecule has 164 valence electrons. The molecule has 28 heavy (non-hydrogen) atoms. The van der Waals surface area contributed by atoms with Gasteiger partial charge in [-0.05, 0) is 86.0 Å². The van der Waals surface area contributed by atoms with E-state index >= 15 is 0 Å². The smallest absolute Gasteiger partial charge is 0.419 e. The second-order valence-electron chi connectivity index (χ2n) is 9.15. The van der Waals surface area contributed by atoms with Gasteiger partial charge in [-0.25, -0.2) is 4.79 Å². The second-order valence-corrected chi connectivity index (χ2v) is 9.15. The predicted octanol–water partition coefficient (Wildman–Crippen LogP) is 5.33. The zero-order chi connectivity index (χ0) is 22.0. The number of hydrogen-bond acceptors (Lipinski definition) is 4. The van der Waals surface area contributed by atoms with Crippen molar-refractivity contribution in [2.45, 2.75) is 109 Å². The average Bonchev–Trinajstić information content (AvgIpc) is 2.46. The molecule has 0 bridgehead atoms. The number of aliphatic hydroxyl groups is 1. The normalized spacial score (nSPS) is 24.6. The molecule has 1 fully saturated rings. The summed E-state index contributed by atoms with van der Waals surface area (Å²) in [5.74, 6) is -0.351. The Labute approximate surface area is 166 Å². The van der Waals surface area contributed by atoms with Crippen molar-refractivity contribution >= 4 is 5.97 Å². The van der Waals surface area contributed by atoms with Crippen LogP contribution in [0, 0.1) is 5.92 Å². The van der Waals surface area contributed by atoms with Gasteiger partial charge in [0.15, 0.2) is 5.60 Å². The lowest BCUT2D eigenvalue weighted by molar-refractivity contribution is -0.330. The molecule has 4 nitrogen and oxygen atoms in total. The van der Waals surface area contributed by atoms with Crippen LogP contribution >= 0.6 is 0 Å². The third-order valence-corrected chi connectivity index (χ3v) is 6.01. The summed E-state index contributed by atoms with van der Waals surface area (Å²) >= 11 is 0. The molecule has 0 saturated heterocycles. The Kier molecular flexibility index (Phi) is 7.79. The monoisotopic (exact) mass is 408 g/mol. The molecule has 1 N–H and O–H groups in total. The minimum atomic E-state index is -4.80. The minimum Gasteiger partial charge on any atom is -0.459 e. The number of carbonyl (C=O) groups excluding carboxylic acids is 1. The number of ether oxygens (including phenoxy) is 2. The van der Waals surface area contributed by atoms with Crippen LogP contribution in [0.2, 0.25) is 0 Å². The summed E-state index contributed by atoms with van der Waals surface area (Å²) in [6.07, 6.45) is -0.491. The quantitative estimate of drug-likeness (QED) is 0.477. The molecule has 0 aliphatic heterocycles. The highest BCUT2D eigenvalue weighted by Gasteiger charge is 2.61. The number of esters is 1. The third kappa shape index (κ3) is 5.96. The van der Waals surface area contributed by atoms with Crippen molar-refractivity contribution in [2.24, 2.45) is 5.92 Å². The number of alkyl halides is 3. The third-order valence-electron chi connectivity index (χ3n) is 6.01. The van der Waals surface area contributed by atoms with Gasteiger partial charge in [0.1, 0.15) is 11.7 Å². The number of hydrogen-bond donors (Lipinski definition) is 1. The summed E-state index contributed by atoms with van der Waals surface area (Å²) in [7, 11) is 0. The molecular formula is C21H35F3O4. The van der Waals surface area contributed by atoms with Crippen molar-refractivity contribution in [3.63, 3.8) is 0 Å². The van der Waals surface area contributed by atoms with E-state index in [1.165, 1.54) is 13.8 Å². The first-order valence-corrected chi connectivity index (χ1v) is 9.87. The Balaban J connectivity index is 2.77. The summed E-state index contributed by atoms with van der Waals surface area (Å²) in [5, 5.41) is 10.1. The van der Waals surface area contributed by atoms with Crippen LogP contribution in [0.25, 0.3) is 0 Å². The summed E-state index contributed by atoms with van der Waals surface area (Å²) in [6.45, 7) is 12.1. The fourth-order valence-corrected chi connectivity index (χ4v) is 3.72. The molecule has 0 heterocycles. The number of halogens is 3. The fourth-order valence-electron chi connectivity index (χ4n) is 3.72. The van der Waals surface area contributed by atoms with Gasteiger partial charge in [0, 0.05) is 5.57 Å². The van der Waals surface area contributed by atoms with Crippen LogP contribution in [0.4, 0.5) is 13.2 Å². The topological polar surface area (TPSA) is 55.8 Å². The Morgan fingerprint density at radius 3 is 1.86 bits per heavy atom. The second kappa shape index (κ2) is 8.74. The Bertz CT molecular complexity index is 554. The summed E-state index contributed by atoms with van der Waals surface area (Å²) in [4.78, 5) is 11.7. The molecule has 7 heteroatoms. The lowest BCUT2D eigenvalue weighted by Gasteiger charge is -2.48. The van der Waals surface area contributed by atoms with Gasteiger partial charge in [-0.2, -0.15) is 13.2 Å². The molecule has 0 amide bonds. The predicted molar refractivity (Wildman–Crippen MR) is 102 cm³/mol. The van der Waals surface area contributed by atoms with Crippen molar-refractivity contribution in [3.8, 4) is 0 Å². The van der Waals surface area contributed by atoms with E-state index in [0.717, 1.165) is 32.6 Å². The maximum Gasteiger partial charge on any atom is 0.419 e. The zero-order valence-electron chi connectivity index (χ0n) is 17.9. The van der Waals surface area contributed by atoms with Crippen molar-refractivity contribution in [2.75, 3.05) is 0 Å². The summed E-state index contributed by atoms with van der Waals surface area (Å²) in [5.41, 5.74) is -5.26. The van der Waals surface area contributed by atoms with Gasteiger partial charge in [-0.15, -0.1) is 0 Å². The summed E-state index contributed by atoms with van der Waals surface area (Å²) in [6, 6.07) is 0. The number of rotatable bonds is 6. The molecule has 1 rings (SSSR count). The van der Waals surface area contributed by atoms with Gasteiger partial charge >= 0.3 is 12.1 Å². The lowest BCUT2D eigenvalue weighted by Crippen LogP contribution is -2.62. The van der Waals surface area contributed by atoms with E-state index in [2.05, 4.69) is 6.58 Å². The van der Waals surface area contributed by atoms with Crippen LogP contribution in [-0.4, -0.2) is 40.2 Å². The largest absolute Gasteiger partial charge is 0.459 e. The van der Waals surface area contributed by atoms with Crippen LogP contribution < -0.4 is 0 Å². The first kappa shape index (κ1) is 25.0. The maximum atomic E-state index is 13.3. The fraction of sp³-hybridized carbons (Fsp3) is 0.857. The molecule has 0 radical (unpaired) electrons. The Hall–Kier alpha value is -1.08. The van der Waals surface area contributed by atoms with E-state index in [-0.39, 0.29) is 18.0 Å². The van der Waals surface area contributed by atoms with Gasteiger partial charge in [0.2, 0.25) is 0 Å². The van der Waals surface area contributed by atoms with Crippen molar-refractivity contribution in [3.05, 3.63) is 12.2 Å². The van der Waals surface area contributed by atoms with Gasteiger partial charge in [-0.3, -0.25) is 0 Å². The van der Waals surface area contributed by atoms with E-state index < -0.39 is 23.0 Å². The van der Waals surface area contributed by atoms with Crippen LogP contribution in [0.5, 0.6) is 0 Å². The van der Waals surface area contributed by atoms with Crippen molar-refractivity contribution in [1.29, 1.82) is 0 Å². The lowest BCUT2D eigenvalue weighted by atomic mass is 9.78. The van der Waals surface area contributed by atoms with E-state index in [9.17, 15) is 23.1 Å². The molecule has 1 saturated carbocycles. The van der Waals surface area contributed by atoms with Gasteiger partial charge in [-0.1, -0.05) is 6.58 Å². The Morgan fingerprint density at radius 2 is 1.46 bits per heavy atom. The van der Waals surface area contributed by atoms with Crippen LogP contribution in [0.1, 0.15) is 80.1 Å². The van der Waals surface area contributed by atoms with Crippen molar-refractivity contribution in [1.82, 2.24) is 0 Å². The van der Waals surface area contributed by atoms with Gasteiger partial charge in [0.05, 0.1) is 5.60 Å². The zero-order valence-corrected chi connectivity index (χ0v) is 17.9. The molecule has 1 atom stereocenters. The van der Waals surface area contributed by atoms with Gasteiger partial charge in [0.25, 0.3) is 0 Å². The Morgan fingerprint density at radius 1 is 1.00 bits per heavy atom. The molecule has 1 aliphatic rings.